The van der Waals surface area contributed by atoms with Gasteiger partial charge in [-0.3, -0.25) is 0 Å². The number of aromatic amines is 1. The number of H-pyrrole nitrogens is 1. The molecule has 1 aromatic heterocycles. The van der Waals surface area contributed by atoms with E-state index in [-0.39, 0.29) is 0 Å². The molecule has 2 aromatic rings. The van der Waals surface area contributed by atoms with Crippen LogP contribution in [-0.4, -0.2) is 40.3 Å². The van der Waals surface area contributed by atoms with Gasteiger partial charge in [-0.1, -0.05) is 31.7 Å². The van der Waals surface area contributed by atoms with E-state index in [9.17, 15) is 0 Å². The van der Waals surface area contributed by atoms with Crippen molar-refractivity contribution in [3.05, 3.63) is 23.8 Å². The summed E-state index contributed by atoms with van der Waals surface area (Å²) in [7, 11) is 0. The molecule has 1 heterocycles. The summed E-state index contributed by atoms with van der Waals surface area (Å²) in [5.74, 6) is 1.08. The average Bonchev–Trinajstić information content (AvgIpc) is 2.76. The zero-order valence-corrected chi connectivity index (χ0v) is 12.2. The number of nitrogens with one attached hydrogen (secondary N) is 1. The highest BCUT2D eigenvalue weighted by molar-refractivity contribution is 7.99. The van der Waals surface area contributed by atoms with Crippen LogP contribution in [0.2, 0.25) is 0 Å². The summed E-state index contributed by atoms with van der Waals surface area (Å²) in [6, 6.07) is 6.33. The number of hydrogen-bond donors (Lipinski definition) is 1. The number of rotatable bonds is 6. The van der Waals surface area contributed by atoms with Crippen LogP contribution in [0.3, 0.4) is 0 Å². The number of hydrogen-bond acceptors (Lipinski definition) is 3. The molecule has 0 amide bonds. The van der Waals surface area contributed by atoms with Crippen LogP contribution in [0.15, 0.2) is 23.4 Å². The Morgan fingerprint density at radius 2 is 2.06 bits per heavy atom. The third-order valence-corrected chi connectivity index (χ3v) is 4.01. The van der Waals surface area contributed by atoms with Gasteiger partial charge in [0.2, 0.25) is 0 Å². The highest BCUT2D eigenvalue weighted by atomic mass is 32.2. The summed E-state index contributed by atoms with van der Waals surface area (Å²) in [4.78, 5) is 10.4. The summed E-state index contributed by atoms with van der Waals surface area (Å²) >= 11 is 1.80. The minimum absolute atomic E-state index is 1.03. The zero-order chi connectivity index (χ0) is 13.0. The molecule has 1 aromatic carbocycles. The van der Waals surface area contributed by atoms with E-state index >= 15 is 0 Å². The van der Waals surface area contributed by atoms with Crippen molar-refractivity contribution < 1.29 is 0 Å². The van der Waals surface area contributed by atoms with Crippen molar-refractivity contribution in [3.63, 3.8) is 0 Å². The third kappa shape index (κ3) is 3.27. The monoisotopic (exact) mass is 263 g/mol. The number of fused-ring (bicyclic) bond motifs is 1. The third-order valence-electron chi connectivity index (χ3n) is 3.16. The van der Waals surface area contributed by atoms with Crippen LogP contribution < -0.4 is 0 Å². The van der Waals surface area contributed by atoms with Crippen LogP contribution in [0.5, 0.6) is 0 Å². The molecule has 0 unspecified atom stereocenters. The van der Waals surface area contributed by atoms with Crippen molar-refractivity contribution in [2.45, 2.75) is 25.9 Å². The molecular weight excluding hydrogens is 242 g/mol. The molecule has 4 heteroatoms. The maximum Gasteiger partial charge on any atom is 0.166 e. The smallest absolute Gasteiger partial charge is 0.166 e. The molecule has 0 aliphatic heterocycles. The van der Waals surface area contributed by atoms with Gasteiger partial charge in [0.15, 0.2) is 5.16 Å². The first kappa shape index (κ1) is 13.4. The summed E-state index contributed by atoms with van der Waals surface area (Å²) in [6.07, 6.45) is 0. The second-order valence-electron chi connectivity index (χ2n) is 4.44. The molecule has 0 spiro atoms. The Bertz CT molecular complexity index is 503. The summed E-state index contributed by atoms with van der Waals surface area (Å²) < 4.78 is 0. The Morgan fingerprint density at radius 1 is 1.28 bits per heavy atom. The molecule has 0 saturated heterocycles. The number of imidazole rings is 1. The Hall–Kier alpha value is -1.00. The minimum atomic E-state index is 1.03. The van der Waals surface area contributed by atoms with Crippen molar-refractivity contribution in [1.82, 2.24) is 14.9 Å². The van der Waals surface area contributed by atoms with Gasteiger partial charge in [-0.05, 0) is 37.7 Å². The normalized spacial score (nSPS) is 11.6. The van der Waals surface area contributed by atoms with Crippen LogP contribution in [0.4, 0.5) is 0 Å². The highest BCUT2D eigenvalue weighted by Gasteiger charge is 2.04. The summed E-state index contributed by atoms with van der Waals surface area (Å²) in [5, 5.41) is 1.03. The van der Waals surface area contributed by atoms with Crippen molar-refractivity contribution in [2.24, 2.45) is 0 Å². The van der Waals surface area contributed by atoms with Gasteiger partial charge in [-0.2, -0.15) is 0 Å². The zero-order valence-electron chi connectivity index (χ0n) is 11.4. The molecule has 0 saturated carbocycles. The van der Waals surface area contributed by atoms with E-state index in [4.69, 9.17) is 0 Å². The number of nitrogens with zero attached hydrogens (tertiary/aromatic N) is 2. The lowest BCUT2D eigenvalue weighted by atomic mass is 10.2. The van der Waals surface area contributed by atoms with E-state index in [0.717, 1.165) is 41.6 Å². The molecular formula is C14H21N3S. The Morgan fingerprint density at radius 3 is 2.78 bits per heavy atom. The molecule has 1 N–H and O–H groups in total. The second-order valence-corrected chi connectivity index (χ2v) is 5.52. The fourth-order valence-corrected chi connectivity index (χ4v) is 2.87. The standard InChI is InChI=1S/C14H21N3S/c1-4-17(5-2)8-9-18-14-15-12-7-6-11(3)10-13(12)16-14/h6-7,10H,4-5,8-9H2,1-3H3,(H,15,16). The van der Waals surface area contributed by atoms with Crippen molar-refractivity contribution in [1.29, 1.82) is 0 Å². The fraction of sp³-hybridized carbons (Fsp3) is 0.500. The Balaban J connectivity index is 1.95. The highest BCUT2D eigenvalue weighted by Crippen LogP contribution is 2.20. The quantitative estimate of drug-likeness (QED) is 0.811. The van der Waals surface area contributed by atoms with Crippen LogP contribution in [0, 0.1) is 6.92 Å². The number of benzene rings is 1. The summed E-state index contributed by atoms with van der Waals surface area (Å²) in [5.41, 5.74) is 3.47. The van der Waals surface area contributed by atoms with E-state index < -0.39 is 0 Å². The lowest BCUT2D eigenvalue weighted by Crippen LogP contribution is -2.25. The summed E-state index contributed by atoms with van der Waals surface area (Å²) in [6.45, 7) is 9.88. The van der Waals surface area contributed by atoms with E-state index in [1.165, 1.54) is 5.56 Å². The Kier molecular flexibility index (Phi) is 4.66. The van der Waals surface area contributed by atoms with Gasteiger partial charge in [0.25, 0.3) is 0 Å². The SMILES string of the molecule is CCN(CC)CCSc1nc2ccc(C)cc2[nH]1. The first-order chi connectivity index (χ1) is 8.72. The van der Waals surface area contributed by atoms with Crippen LogP contribution >= 0.6 is 11.8 Å². The number of thioether (sulfide) groups is 1. The van der Waals surface area contributed by atoms with Gasteiger partial charge in [-0.25, -0.2) is 4.98 Å². The number of aryl methyl sites for hydroxylation is 1. The molecule has 0 aliphatic rings. The van der Waals surface area contributed by atoms with Gasteiger partial charge in [-0.15, -0.1) is 0 Å². The second kappa shape index (κ2) is 6.25. The van der Waals surface area contributed by atoms with Gasteiger partial charge in [0, 0.05) is 12.3 Å². The molecule has 0 atom stereocenters. The van der Waals surface area contributed by atoms with Crippen molar-refractivity contribution >= 4 is 22.8 Å². The van der Waals surface area contributed by atoms with Crippen LogP contribution in [0.25, 0.3) is 11.0 Å². The topological polar surface area (TPSA) is 31.9 Å². The van der Waals surface area contributed by atoms with E-state index in [1.54, 1.807) is 11.8 Å². The van der Waals surface area contributed by atoms with Crippen molar-refractivity contribution in [2.75, 3.05) is 25.4 Å². The van der Waals surface area contributed by atoms with E-state index in [0.29, 0.717) is 0 Å². The first-order valence-corrected chi connectivity index (χ1v) is 7.53. The lowest BCUT2D eigenvalue weighted by molar-refractivity contribution is 0.324. The fourth-order valence-electron chi connectivity index (χ4n) is 1.98. The van der Waals surface area contributed by atoms with Gasteiger partial charge < -0.3 is 9.88 Å². The maximum atomic E-state index is 4.59. The van der Waals surface area contributed by atoms with Crippen LogP contribution in [-0.2, 0) is 0 Å². The predicted octanol–water partition coefficient (Wildman–Crippen LogP) is 3.31. The maximum absolute atomic E-state index is 4.59. The number of aromatic nitrogens is 2. The predicted molar refractivity (Wildman–Crippen MR) is 79.3 cm³/mol. The van der Waals surface area contributed by atoms with Gasteiger partial charge in [0.05, 0.1) is 11.0 Å². The largest absolute Gasteiger partial charge is 0.333 e. The Labute approximate surface area is 113 Å². The van der Waals surface area contributed by atoms with Crippen LogP contribution in [0.1, 0.15) is 19.4 Å². The molecule has 3 nitrogen and oxygen atoms in total. The molecule has 0 bridgehead atoms. The van der Waals surface area contributed by atoms with E-state index in [2.05, 4.69) is 53.8 Å². The average molecular weight is 263 g/mol. The molecule has 0 aliphatic carbocycles. The van der Waals surface area contributed by atoms with Gasteiger partial charge >= 0.3 is 0 Å². The molecule has 0 fully saturated rings. The molecule has 18 heavy (non-hydrogen) atoms. The molecule has 2 rings (SSSR count). The van der Waals surface area contributed by atoms with Crippen molar-refractivity contribution in [3.8, 4) is 0 Å². The molecule has 0 radical (unpaired) electrons. The van der Waals surface area contributed by atoms with E-state index in [1.807, 2.05) is 0 Å². The lowest BCUT2D eigenvalue weighted by Gasteiger charge is -2.16. The first-order valence-electron chi connectivity index (χ1n) is 6.54. The molecule has 98 valence electrons. The van der Waals surface area contributed by atoms with Gasteiger partial charge in [0.1, 0.15) is 0 Å². The minimum Gasteiger partial charge on any atom is -0.333 e.